The van der Waals surface area contributed by atoms with Gasteiger partial charge in [0.15, 0.2) is 34.5 Å². The van der Waals surface area contributed by atoms with Gasteiger partial charge in [0.25, 0.3) is 0 Å². The molecule has 3 aromatic rings. The van der Waals surface area contributed by atoms with E-state index in [1.54, 1.807) is 49.6 Å². The van der Waals surface area contributed by atoms with Crippen LogP contribution in [0.5, 0.6) is 34.5 Å². The highest BCUT2D eigenvalue weighted by Gasteiger charge is 2.41. The maximum Gasteiger partial charge on any atom is 0.161 e. The summed E-state index contributed by atoms with van der Waals surface area (Å²) < 4.78 is 32.7. The number of Topliss-reactive ketones (excluding diaryl/α,β-unsaturated/α-hetero) is 1. The molecule has 418 valence electrons. The van der Waals surface area contributed by atoms with Crippen molar-refractivity contribution < 1.29 is 48.5 Å². The van der Waals surface area contributed by atoms with E-state index in [4.69, 9.17) is 33.5 Å². The van der Waals surface area contributed by atoms with Gasteiger partial charge in [-0.25, -0.2) is 0 Å². The highest BCUT2D eigenvalue weighted by atomic mass is 16.5. The van der Waals surface area contributed by atoms with E-state index < -0.39 is 0 Å². The zero-order valence-corrected chi connectivity index (χ0v) is 46.2. The monoisotopic (exact) mass is 1030 g/mol. The summed E-state index contributed by atoms with van der Waals surface area (Å²) in [5, 5.41) is 28.8. The average molecular weight is 1030 g/mol. The Balaban J connectivity index is 0.000000231. The molecular weight excluding hydrogens is 935 g/mol. The van der Waals surface area contributed by atoms with Crippen LogP contribution in [-0.2, 0) is 24.1 Å². The molecule has 0 saturated carbocycles. The van der Waals surface area contributed by atoms with Crippen LogP contribution in [-0.4, -0.2) is 137 Å². The zero-order chi connectivity index (χ0) is 52.4. The van der Waals surface area contributed by atoms with Crippen molar-refractivity contribution in [1.29, 1.82) is 0 Å². The average Bonchev–Trinajstić information content (AvgIpc) is 3.36. The molecule has 8 atom stereocenters. The molecule has 0 radical (unpaired) electrons. The normalized spacial score (nSPS) is 24.9. The third-order valence-electron chi connectivity index (χ3n) is 15.9. The number of aliphatic hydroxyl groups excluding tert-OH is 3. The predicted octanol–water partition coefficient (Wildman–Crippen LogP) is 10.6. The lowest BCUT2D eigenvalue weighted by Gasteiger charge is -2.46. The molecule has 3 saturated heterocycles. The van der Waals surface area contributed by atoms with E-state index in [0.29, 0.717) is 53.9 Å². The summed E-state index contributed by atoms with van der Waals surface area (Å²) in [5.74, 6) is 7.95. The van der Waals surface area contributed by atoms with Crippen molar-refractivity contribution in [1.82, 2.24) is 14.7 Å². The van der Waals surface area contributed by atoms with Gasteiger partial charge in [0.05, 0.1) is 54.9 Å². The third kappa shape index (κ3) is 14.9. The van der Waals surface area contributed by atoms with E-state index in [0.717, 1.165) is 125 Å². The lowest BCUT2D eigenvalue weighted by Crippen LogP contribution is -2.48. The van der Waals surface area contributed by atoms with Gasteiger partial charge in [-0.3, -0.25) is 19.5 Å². The topological polar surface area (TPSA) is 143 Å². The molecule has 74 heavy (non-hydrogen) atoms. The Morgan fingerprint density at radius 1 is 0.500 bits per heavy atom. The number of rotatable bonds is 12. The Morgan fingerprint density at radius 2 is 0.797 bits per heavy atom. The van der Waals surface area contributed by atoms with Crippen molar-refractivity contribution in [2.45, 2.75) is 151 Å². The number of fused-ring (bicyclic) bond motifs is 9. The summed E-state index contributed by atoms with van der Waals surface area (Å²) in [6, 6.07) is 13.4. The molecule has 3 N–H and O–H groups in total. The molecule has 0 aromatic heterocycles. The Bertz CT molecular complexity index is 2120. The minimum absolute atomic E-state index is 0. The van der Waals surface area contributed by atoms with Crippen LogP contribution < -0.4 is 28.4 Å². The van der Waals surface area contributed by atoms with Crippen LogP contribution in [0.25, 0.3) is 0 Å². The Morgan fingerprint density at radius 3 is 1.11 bits per heavy atom. The number of aliphatic hydroxyl groups is 3. The predicted molar refractivity (Wildman–Crippen MR) is 299 cm³/mol. The standard InChI is InChI=1S/2C19H29NO3.C19H27NO3.C2H6O.2CH4/c3*1-12(2)7-14-11-20-6-5-13-8-18(22-3)19(23-4)9-15(13)16(20)10-17(14)21;1-2-3;;/h2*8-9,12,14,16-17,21H,5-7,10-11H2,1-4H3;8-9,12,14,16H,5-7,10-11H2,1-4H3;3H,2H2,1H3;2*1H4/t2*14-,16-,17+;;;;/m10..../s1. The van der Waals surface area contributed by atoms with Gasteiger partial charge in [-0.05, 0) is 158 Å². The van der Waals surface area contributed by atoms with Crippen molar-refractivity contribution in [3.63, 3.8) is 0 Å². The second kappa shape index (κ2) is 28.9. The number of carbonyl (C=O) groups excluding carboxylic acids is 1. The molecule has 0 spiro atoms. The van der Waals surface area contributed by atoms with Crippen molar-refractivity contribution >= 4 is 5.78 Å². The Kier molecular flexibility index (Phi) is 24.3. The molecule has 6 heterocycles. The molecule has 0 bridgehead atoms. The number of hydrogen-bond donors (Lipinski definition) is 3. The SMILES string of the molecule is C.C.CCO.COc1cc2c(cc1OC)C1CC(=O)C(CC(C)C)CN1CC2.COc1cc2c(cc1OC)[C@@H]1C[C@@H](O)[C@@H](CC(C)C)CN1CC2.COc1cc2c(cc1OC)[C@H]1C[C@H](O)[C@H](CC(C)C)CN1CC2. The van der Waals surface area contributed by atoms with E-state index in [1.807, 2.05) is 0 Å². The second-order valence-electron chi connectivity index (χ2n) is 22.2. The molecule has 6 aliphatic heterocycles. The van der Waals surface area contributed by atoms with Crippen LogP contribution >= 0.6 is 0 Å². The van der Waals surface area contributed by atoms with Gasteiger partial charge in [-0.2, -0.15) is 0 Å². The van der Waals surface area contributed by atoms with Gasteiger partial charge in [-0.15, -0.1) is 0 Å². The third-order valence-corrected chi connectivity index (χ3v) is 15.9. The fourth-order valence-corrected chi connectivity index (χ4v) is 12.6. The number of methoxy groups -OCH3 is 6. The van der Waals surface area contributed by atoms with Gasteiger partial charge in [0, 0.05) is 76.3 Å². The van der Waals surface area contributed by atoms with Gasteiger partial charge in [-0.1, -0.05) is 56.4 Å². The van der Waals surface area contributed by atoms with Crippen molar-refractivity contribution in [2.24, 2.45) is 35.5 Å². The van der Waals surface area contributed by atoms with Crippen LogP contribution in [0, 0.1) is 35.5 Å². The summed E-state index contributed by atoms with van der Waals surface area (Å²) in [7, 11) is 10.1. The molecule has 0 aliphatic carbocycles. The highest BCUT2D eigenvalue weighted by Crippen LogP contribution is 2.46. The van der Waals surface area contributed by atoms with E-state index in [1.165, 1.54) is 33.4 Å². The van der Waals surface area contributed by atoms with Crippen LogP contribution in [0.1, 0.15) is 153 Å². The fraction of sp³-hybridized carbons (Fsp3) is 0.689. The van der Waals surface area contributed by atoms with E-state index in [9.17, 15) is 15.0 Å². The molecule has 6 aliphatic rings. The molecule has 9 rings (SSSR count). The minimum Gasteiger partial charge on any atom is -0.493 e. The molecular formula is C61H99N3O10. The maximum atomic E-state index is 12.6. The maximum absolute atomic E-state index is 12.6. The first-order valence-corrected chi connectivity index (χ1v) is 27.0. The summed E-state index contributed by atoms with van der Waals surface area (Å²) in [4.78, 5) is 20.2. The number of hydrogen-bond acceptors (Lipinski definition) is 13. The molecule has 2 unspecified atom stereocenters. The summed E-state index contributed by atoms with van der Waals surface area (Å²) in [5.41, 5.74) is 7.80. The van der Waals surface area contributed by atoms with Crippen LogP contribution in [0.4, 0.5) is 0 Å². The number of ether oxygens (including phenoxy) is 6. The fourth-order valence-electron chi connectivity index (χ4n) is 12.6. The molecule has 13 heteroatoms. The van der Waals surface area contributed by atoms with Gasteiger partial charge in [0.1, 0.15) is 5.78 Å². The van der Waals surface area contributed by atoms with Crippen molar-refractivity contribution in [2.75, 3.05) is 88.5 Å². The summed E-state index contributed by atoms with van der Waals surface area (Å²) in [6.45, 7) is 21.3. The number of carbonyl (C=O) groups is 1. The Labute approximate surface area is 447 Å². The quantitative estimate of drug-likeness (QED) is 0.159. The van der Waals surface area contributed by atoms with Gasteiger partial charge >= 0.3 is 0 Å². The molecule has 3 fully saturated rings. The largest absolute Gasteiger partial charge is 0.493 e. The number of nitrogens with zero attached hydrogens (tertiary/aromatic N) is 3. The number of benzene rings is 3. The molecule has 13 nitrogen and oxygen atoms in total. The number of piperidine rings is 3. The van der Waals surface area contributed by atoms with Crippen molar-refractivity contribution in [3.05, 3.63) is 69.8 Å². The van der Waals surface area contributed by atoms with E-state index >= 15 is 0 Å². The van der Waals surface area contributed by atoms with E-state index in [-0.39, 0.29) is 45.6 Å². The highest BCUT2D eigenvalue weighted by molar-refractivity contribution is 5.83. The Hall–Kier alpha value is -4.11. The zero-order valence-electron chi connectivity index (χ0n) is 46.2. The molecule has 3 aromatic carbocycles. The molecule has 0 amide bonds. The lowest BCUT2D eigenvalue weighted by atomic mass is 9.79. The first-order valence-electron chi connectivity index (χ1n) is 27.0. The smallest absolute Gasteiger partial charge is 0.161 e. The van der Waals surface area contributed by atoms with Crippen LogP contribution in [0.3, 0.4) is 0 Å². The summed E-state index contributed by atoms with van der Waals surface area (Å²) >= 11 is 0. The van der Waals surface area contributed by atoms with Crippen molar-refractivity contribution in [3.8, 4) is 34.5 Å². The second-order valence-corrected chi connectivity index (χ2v) is 22.2. The number of ketones is 1. The summed E-state index contributed by atoms with van der Waals surface area (Å²) in [6.07, 6.45) is 8.13. The first-order chi connectivity index (χ1) is 34.5. The van der Waals surface area contributed by atoms with Crippen LogP contribution in [0.2, 0.25) is 0 Å². The minimum atomic E-state index is -0.210. The van der Waals surface area contributed by atoms with Gasteiger partial charge in [0.2, 0.25) is 0 Å². The van der Waals surface area contributed by atoms with Crippen LogP contribution in [0.15, 0.2) is 36.4 Å². The lowest BCUT2D eigenvalue weighted by molar-refractivity contribution is -0.129. The van der Waals surface area contributed by atoms with Gasteiger partial charge < -0.3 is 43.7 Å². The van der Waals surface area contributed by atoms with E-state index in [2.05, 4.69) is 92.6 Å². The first kappa shape index (κ1) is 62.4.